The molecule has 0 radical (unpaired) electrons. The van der Waals surface area contributed by atoms with E-state index in [2.05, 4.69) is 38.1 Å². The van der Waals surface area contributed by atoms with Gasteiger partial charge in [0.15, 0.2) is 5.76 Å². The molecule has 0 bridgehead atoms. The summed E-state index contributed by atoms with van der Waals surface area (Å²) in [6, 6.07) is 11.7. The maximum Gasteiger partial charge on any atom is 0.289 e. The van der Waals surface area contributed by atoms with Gasteiger partial charge in [-0.05, 0) is 31.0 Å². The highest BCUT2D eigenvalue weighted by atomic mass is 16.3. The van der Waals surface area contributed by atoms with Gasteiger partial charge in [-0.2, -0.15) is 0 Å². The summed E-state index contributed by atoms with van der Waals surface area (Å²) >= 11 is 0. The molecule has 1 aromatic carbocycles. The molecule has 19 heavy (non-hydrogen) atoms. The van der Waals surface area contributed by atoms with Crippen molar-refractivity contribution in [3.63, 3.8) is 0 Å². The van der Waals surface area contributed by atoms with Gasteiger partial charge in [0.05, 0.1) is 6.26 Å². The maximum absolute atomic E-state index is 12.3. The van der Waals surface area contributed by atoms with E-state index in [-0.39, 0.29) is 5.91 Å². The first-order valence-corrected chi connectivity index (χ1v) is 6.59. The van der Waals surface area contributed by atoms with Crippen molar-refractivity contribution in [3.8, 4) is 0 Å². The summed E-state index contributed by atoms with van der Waals surface area (Å²) in [4.78, 5) is 14.1. The molecule has 1 amide bonds. The van der Waals surface area contributed by atoms with Crippen LogP contribution in [0.5, 0.6) is 0 Å². The molecule has 0 saturated carbocycles. The number of amides is 1. The van der Waals surface area contributed by atoms with E-state index in [0.29, 0.717) is 12.3 Å². The van der Waals surface area contributed by atoms with Crippen molar-refractivity contribution in [3.05, 3.63) is 59.5 Å². The summed E-state index contributed by atoms with van der Waals surface area (Å²) < 4.78 is 5.19. The number of nitrogens with zero attached hydrogens (tertiary/aromatic N) is 1. The number of hydrogen-bond acceptors (Lipinski definition) is 2. The second-order valence-corrected chi connectivity index (χ2v) is 4.69. The van der Waals surface area contributed by atoms with Crippen molar-refractivity contribution in [1.82, 2.24) is 4.90 Å². The second kappa shape index (κ2) is 6.23. The van der Waals surface area contributed by atoms with E-state index in [1.807, 2.05) is 4.90 Å². The van der Waals surface area contributed by atoms with Crippen molar-refractivity contribution >= 4 is 5.91 Å². The van der Waals surface area contributed by atoms with Crippen LogP contribution >= 0.6 is 0 Å². The number of rotatable bonds is 5. The molecule has 1 aromatic heterocycles. The van der Waals surface area contributed by atoms with Crippen LogP contribution in [0.1, 0.15) is 35.0 Å². The zero-order valence-electron chi connectivity index (χ0n) is 11.4. The predicted octanol–water partition coefficient (Wildman–Crippen LogP) is 3.64. The van der Waals surface area contributed by atoms with E-state index in [1.54, 1.807) is 12.1 Å². The molecule has 0 atom stereocenters. The van der Waals surface area contributed by atoms with Crippen molar-refractivity contribution in [2.45, 2.75) is 26.8 Å². The molecule has 0 spiro atoms. The molecule has 1 heterocycles. The third kappa shape index (κ3) is 3.47. The fraction of sp³-hybridized carbons (Fsp3) is 0.312. The molecule has 2 rings (SSSR count). The van der Waals surface area contributed by atoms with Gasteiger partial charge in [-0.3, -0.25) is 4.79 Å². The largest absolute Gasteiger partial charge is 0.459 e. The zero-order valence-corrected chi connectivity index (χ0v) is 11.4. The molecule has 100 valence electrons. The van der Waals surface area contributed by atoms with Gasteiger partial charge in [-0.1, -0.05) is 36.8 Å². The molecule has 0 saturated heterocycles. The third-order valence-corrected chi connectivity index (χ3v) is 3.01. The van der Waals surface area contributed by atoms with Gasteiger partial charge in [0.2, 0.25) is 0 Å². The van der Waals surface area contributed by atoms with Gasteiger partial charge in [-0.25, -0.2) is 0 Å². The summed E-state index contributed by atoms with van der Waals surface area (Å²) in [6.07, 6.45) is 2.46. The minimum absolute atomic E-state index is 0.0487. The topological polar surface area (TPSA) is 33.5 Å². The minimum Gasteiger partial charge on any atom is -0.459 e. The van der Waals surface area contributed by atoms with E-state index in [4.69, 9.17) is 4.42 Å². The van der Waals surface area contributed by atoms with Crippen LogP contribution in [0.2, 0.25) is 0 Å². The quantitative estimate of drug-likeness (QED) is 0.819. The summed E-state index contributed by atoms with van der Waals surface area (Å²) in [6.45, 7) is 5.47. The number of hydrogen-bond donors (Lipinski definition) is 0. The van der Waals surface area contributed by atoms with Crippen LogP contribution in [0.4, 0.5) is 0 Å². The van der Waals surface area contributed by atoms with E-state index < -0.39 is 0 Å². The highest BCUT2D eigenvalue weighted by Crippen LogP contribution is 2.12. The van der Waals surface area contributed by atoms with Crippen molar-refractivity contribution in [2.24, 2.45) is 0 Å². The molecule has 0 aliphatic rings. The number of aryl methyl sites for hydroxylation is 1. The number of furan rings is 1. The van der Waals surface area contributed by atoms with Crippen LogP contribution in [0.3, 0.4) is 0 Å². The van der Waals surface area contributed by atoms with Crippen molar-refractivity contribution in [1.29, 1.82) is 0 Å². The first-order chi connectivity index (χ1) is 9.20. The maximum atomic E-state index is 12.3. The Bertz CT molecular complexity index is 514. The Morgan fingerprint density at radius 2 is 1.95 bits per heavy atom. The Kier molecular flexibility index (Phi) is 4.39. The van der Waals surface area contributed by atoms with Crippen LogP contribution in [-0.4, -0.2) is 17.4 Å². The Labute approximate surface area is 113 Å². The first kappa shape index (κ1) is 13.4. The van der Waals surface area contributed by atoms with Gasteiger partial charge in [0, 0.05) is 13.1 Å². The standard InChI is InChI=1S/C16H19NO2/c1-3-10-17(16(18)15-5-4-11-19-15)12-14-8-6-13(2)7-9-14/h4-9,11H,3,10,12H2,1-2H3. The molecular weight excluding hydrogens is 238 g/mol. The average Bonchev–Trinajstić information content (AvgIpc) is 2.94. The fourth-order valence-corrected chi connectivity index (χ4v) is 1.99. The van der Waals surface area contributed by atoms with E-state index in [0.717, 1.165) is 18.5 Å². The number of carbonyl (C=O) groups excluding carboxylic acids is 1. The summed E-state index contributed by atoms with van der Waals surface area (Å²) in [5, 5.41) is 0. The molecular formula is C16H19NO2. The smallest absolute Gasteiger partial charge is 0.289 e. The predicted molar refractivity (Wildman–Crippen MR) is 74.9 cm³/mol. The SMILES string of the molecule is CCCN(Cc1ccc(C)cc1)C(=O)c1ccco1. The Morgan fingerprint density at radius 3 is 2.53 bits per heavy atom. The Balaban J connectivity index is 2.11. The molecule has 0 aliphatic carbocycles. The average molecular weight is 257 g/mol. The third-order valence-electron chi connectivity index (χ3n) is 3.01. The highest BCUT2D eigenvalue weighted by molar-refractivity contribution is 5.91. The summed E-state index contributed by atoms with van der Waals surface area (Å²) in [5.41, 5.74) is 2.36. The number of carbonyl (C=O) groups is 1. The summed E-state index contributed by atoms with van der Waals surface area (Å²) in [5.74, 6) is 0.355. The molecule has 0 aliphatic heterocycles. The van der Waals surface area contributed by atoms with Gasteiger partial charge >= 0.3 is 0 Å². The molecule has 3 nitrogen and oxygen atoms in total. The van der Waals surface area contributed by atoms with Crippen LogP contribution in [0, 0.1) is 6.92 Å². The van der Waals surface area contributed by atoms with Crippen LogP contribution < -0.4 is 0 Å². The molecule has 2 aromatic rings. The minimum atomic E-state index is -0.0487. The molecule has 0 fully saturated rings. The highest BCUT2D eigenvalue weighted by Gasteiger charge is 2.17. The second-order valence-electron chi connectivity index (χ2n) is 4.69. The molecule has 0 N–H and O–H groups in total. The van der Waals surface area contributed by atoms with Crippen LogP contribution in [-0.2, 0) is 6.54 Å². The normalized spacial score (nSPS) is 10.4. The zero-order chi connectivity index (χ0) is 13.7. The Morgan fingerprint density at radius 1 is 1.21 bits per heavy atom. The lowest BCUT2D eigenvalue weighted by molar-refractivity contribution is 0.0711. The van der Waals surface area contributed by atoms with Gasteiger partial charge in [0.25, 0.3) is 5.91 Å². The van der Waals surface area contributed by atoms with Crippen LogP contribution in [0.15, 0.2) is 47.1 Å². The lowest BCUT2D eigenvalue weighted by atomic mass is 10.1. The number of benzene rings is 1. The van der Waals surface area contributed by atoms with Gasteiger partial charge < -0.3 is 9.32 Å². The first-order valence-electron chi connectivity index (χ1n) is 6.59. The fourth-order valence-electron chi connectivity index (χ4n) is 1.99. The van der Waals surface area contributed by atoms with Crippen LogP contribution in [0.25, 0.3) is 0 Å². The monoisotopic (exact) mass is 257 g/mol. The molecule has 0 unspecified atom stereocenters. The van der Waals surface area contributed by atoms with E-state index in [9.17, 15) is 4.79 Å². The molecule has 3 heteroatoms. The van der Waals surface area contributed by atoms with Crippen molar-refractivity contribution < 1.29 is 9.21 Å². The van der Waals surface area contributed by atoms with E-state index >= 15 is 0 Å². The van der Waals surface area contributed by atoms with Gasteiger partial charge in [0.1, 0.15) is 0 Å². The lowest BCUT2D eigenvalue weighted by Crippen LogP contribution is -2.31. The Hall–Kier alpha value is -2.03. The van der Waals surface area contributed by atoms with Crippen molar-refractivity contribution in [2.75, 3.05) is 6.54 Å². The van der Waals surface area contributed by atoms with Gasteiger partial charge in [-0.15, -0.1) is 0 Å². The lowest BCUT2D eigenvalue weighted by Gasteiger charge is -2.21. The van der Waals surface area contributed by atoms with E-state index in [1.165, 1.54) is 11.8 Å². The summed E-state index contributed by atoms with van der Waals surface area (Å²) in [7, 11) is 0.